The summed E-state index contributed by atoms with van der Waals surface area (Å²) in [5.74, 6) is 0.0961. The molecule has 2 aromatic carbocycles. The first-order valence-electron chi connectivity index (χ1n) is 14.7. The third kappa shape index (κ3) is 8.37. The molecule has 1 aliphatic heterocycles. The summed E-state index contributed by atoms with van der Waals surface area (Å²) in [4.78, 5) is 32.2. The third-order valence-electron chi connectivity index (χ3n) is 7.02. The second-order valence-corrected chi connectivity index (χ2v) is 14.7. The average Bonchev–Trinajstić information content (AvgIpc) is 3.51. The minimum Gasteiger partial charge on any atom is -0.456 e. The topological polar surface area (TPSA) is 153 Å². The Balaban J connectivity index is 1.49. The van der Waals surface area contributed by atoms with E-state index in [1.807, 2.05) is 11.0 Å². The van der Waals surface area contributed by atoms with Crippen LogP contribution in [0.1, 0.15) is 44.1 Å². The number of nitrogens with zero attached hydrogens (tertiary/aromatic N) is 4. The van der Waals surface area contributed by atoms with Crippen LogP contribution in [0.5, 0.6) is 11.5 Å². The number of ether oxygens (including phenoxy) is 2. The number of hydrogen-bond donors (Lipinski definition) is 2. The monoisotopic (exact) mass is 664 g/mol. The average molecular weight is 665 g/mol. The molecule has 1 saturated heterocycles. The number of nitrogens with one attached hydrogen (secondary N) is 2. The highest BCUT2D eigenvalue weighted by atomic mass is 32.2. The molecule has 1 aliphatic rings. The quantitative estimate of drug-likeness (QED) is 0.225. The smallest absolute Gasteiger partial charge is 0.407 e. The number of aromatic nitrogens is 3. The van der Waals surface area contributed by atoms with Crippen molar-refractivity contribution in [2.45, 2.75) is 44.1 Å². The zero-order valence-electron chi connectivity index (χ0n) is 26.0. The predicted molar refractivity (Wildman–Crippen MR) is 176 cm³/mol. The van der Waals surface area contributed by atoms with Crippen LogP contribution in [0.3, 0.4) is 0 Å². The molecular weight excluding hydrogens is 629 g/mol. The Hall–Kier alpha value is -4.56. The maximum Gasteiger partial charge on any atom is 0.407 e. The summed E-state index contributed by atoms with van der Waals surface area (Å²) < 4.78 is 38.5. The van der Waals surface area contributed by atoms with E-state index in [1.54, 1.807) is 81.0 Å². The van der Waals surface area contributed by atoms with E-state index in [1.165, 1.54) is 11.3 Å². The van der Waals surface area contributed by atoms with E-state index >= 15 is 0 Å². The van der Waals surface area contributed by atoms with Gasteiger partial charge in [-0.1, -0.05) is 18.2 Å². The van der Waals surface area contributed by atoms with E-state index in [-0.39, 0.29) is 22.3 Å². The van der Waals surface area contributed by atoms with Crippen LogP contribution >= 0.6 is 11.3 Å². The molecule has 242 valence electrons. The summed E-state index contributed by atoms with van der Waals surface area (Å²) >= 11 is 1.29. The van der Waals surface area contributed by atoms with Crippen LogP contribution in [0.4, 0.5) is 16.2 Å². The van der Waals surface area contributed by atoms with Gasteiger partial charge in [0.05, 0.1) is 23.8 Å². The van der Waals surface area contributed by atoms with Gasteiger partial charge >= 0.3 is 6.09 Å². The van der Waals surface area contributed by atoms with Crippen LogP contribution in [-0.2, 0) is 14.6 Å². The molecule has 14 heteroatoms. The summed E-state index contributed by atoms with van der Waals surface area (Å²) in [6.07, 6.45) is 5.26. The highest BCUT2D eigenvalue weighted by Crippen LogP contribution is 2.43. The Morgan fingerprint density at radius 2 is 1.87 bits per heavy atom. The largest absolute Gasteiger partial charge is 0.456 e. The lowest BCUT2D eigenvalue weighted by Gasteiger charge is -2.37. The van der Waals surface area contributed by atoms with E-state index in [4.69, 9.17) is 9.47 Å². The van der Waals surface area contributed by atoms with Crippen molar-refractivity contribution in [3.63, 3.8) is 0 Å². The van der Waals surface area contributed by atoms with E-state index in [2.05, 4.69) is 25.8 Å². The number of para-hydroxylation sites is 1. The first kappa shape index (κ1) is 32.8. The van der Waals surface area contributed by atoms with Crippen LogP contribution in [0, 0.1) is 5.92 Å². The van der Waals surface area contributed by atoms with Crippen molar-refractivity contribution in [1.82, 2.24) is 20.5 Å². The zero-order chi connectivity index (χ0) is 32.9. The molecule has 5 rings (SSSR count). The Kier molecular flexibility index (Phi) is 9.87. The van der Waals surface area contributed by atoms with Gasteiger partial charge in [-0.2, -0.15) is 10.2 Å². The summed E-state index contributed by atoms with van der Waals surface area (Å²) in [5, 5.41) is 15.6. The van der Waals surface area contributed by atoms with Crippen LogP contribution < -0.4 is 20.3 Å². The minimum absolute atomic E-state index is 0.00833. The number of benzene rings is 2. The number of thiazole rings is 1. The van der Waals surface area contributed by atoms with Gasteiger partial charge in [-0.25, -0.2) is 18.2 Å². The fraction of sp³-hybridized carbons (Fsp3) is 0.344. The Morgan fingerprint density at radius 3 is 2.57 bits per heavy atom. The van der Waals surface area contributed by atoms with Crippen molar-refractivity contribution >= 4 is 44.5 Å². The summed E-state index contributed by atoms with van der Waals surface area (Å²) in [6.45, 7) is 6.68. The number of piperidine rings is 1. The molecule has 0 radical (unpaired) electrons. The van der Waals surface area contributed by atoms with Gasteiger partial charge in [-0.3, -0.25) is 4.79 Å². The maximum atomic E-state index is 13.5. The highest BCUT2D eigenvalue weighted by molar-refractivity contribution is 7.91. The molecule has 2 amide bonds. The van der Waals surface area contributed by atoms with E-state index in [0.717, 1.165) is 24.7 Å². The molecule has 12 nitrogen and oxygen atoms in total. The molecule has 2 N–H and O–H groups in total. The number of anilines is 2. The van der Waals surface area contributed by atoms with Crippen LogP contribution in [0.15, 0.2) is 71.2 Å². The van der Waals surface area contributed by atoms with Crippen molar-refractivity contribution < 1.29 is 27.5 Å². The first-order chi connectivity index (χ1) is 21.9. The van der Waals surface area contributed by atoms with Gasteiger partial charge in [0.15, 0.2) is 9.84 Å². The van der Waals surface area contributed by atoms with Crippen molar-refractivity contribution in [2.24, 2.45) is 5.92 Å². The van der Waals surface area contributed by atoms with Crippen LogP contribution in [-0.4, -0.2) is 67.1 Å². The number of rotatable bonds is 9. The molecule has 0 aliphatic carbocycles. The lowest BCUT2D eigenvalue weighted by Crippen LogP contribution is -2.43. The second kappa shape index (κ2) is 13.8. The fourth-order valence-electron chi connectivity index (χ4n) is 5.11. The molecule has 1 fully saturated rings. The van der Waals surface area contributed by atoms with Crippen molar-refractivity contribution in [2.75, 3.05) is 36.1 Å². The van der Waals surface area contributed by atoms with Crippen molar-refractivity contribution in [3.05, 3.63) is 72.0 Å². The van der Waals surface area contributed by atoms with Crippen LogP contribution in [0.25, 0.3) is 10.6 Å². The van der Waals surface area contributed by atoms with Gasteiger partial charge in [0.2, 0.25) is 0 Å². The van der Waals surface area contributed by atoms with Gasteiger partial charge < -0.3 is 25.0 Å². The maximum absolute atomic E-state index is 13.5. The highest BCUT2D eigenvalue weighted by Gasteiger charge is 2.31. The second-order valence-electron chi connectivity index (χ2n) is 11.9. The third-order valence-corrected chi connectivity index (χ3v) is 9.05. The molecule has 2 aromatic heterocycles. The molecule has 0 saturated carbocycles. The van der Waals surface area contributed by atoms with Crippen LogP contribution in [0.2, 0.25) is 0 Å². The number of carbonyl (C=O) groups excluding carboxylic acids is 2. The Labute approximate surface area is 272 Å². The normalized spacial score (nSPS) is 15.2. The minimum atomic E-state index is -3.89. The summed E-state index contributed by atoms with van der Waals surface area (Å²) in [7, 11) is -3.89. The standard InChI is InChI=1S/C32H36N6O6S2/c1-32(2,3)44-31(40)33-17-21-9-8-16-38(19-21)27-24(36-29(39)25-20-45-30(37-25)22-14-15-34-35-18-22)12-13-26(28(27)46(4,41)42)43-23-10-6-5-7-11-23/h5-7,10-15,18,20-21H,8-9,16-17,19H2,1-4H3,(H,33,40)(H,36,39)/t21-/m0/s1. The van der Waals surface area contributed by atoms with Gasteiger partial charge in [0, 0.05) is 36.8 Å². The van der Waals surface area contributed by atoms with Gasteiger partial charge in [-0.15, -0.1) is 11.3 Å². The lowest BCUT2D eigenvalue weighted by atomic mass is 9.97. The lowest BCUT2D eigenvalue weighted by molar-refractivity contribution is 0.0517. The summed E-state index contributed by atoms with van der Waals surface area (Å²) in [5.41, 5.74) is 0.881. The first-order valence-corrected chi connectivity index (χ1v) is 17.5. The number of hydrogen-bond acceptors (Lipinski definition) is 11. The van der Waals surface area contributed by atoms with Crippen molar-refractivity contribution in [3.8, 4) is 22.1 Å². The van der Waals surface area contributed by atoms with Gasteiger partial charge in [0.1, 0.15) is 32.7 Å². The number of sulfone groups is 1. The number of amides is 2. The van der Waals surface area contributed by atoms with E-state index in [9.17, 15) is 18.0 Å². The zero-order valence-corrected chi connectivity index (χ0v) is 27.7. The van der Waals surface area contributed by atoms with Crippen molar-refractivity contribution in [1.29, 1.82) is 0 Å². The van der Waals surface area contributed by atoms with E-state index in [0.29, 0.717) is 41.8 Å². The Bertz CT molecular complexity index is 1790. The molecule has 46 heavy (non-hydrogen) atoms. The molecule has 4 aromatic rings. The van der Waals surface area contributed by atoms with E-state index < -0.39 is 27.4 Å². The number of alkyl carbamates (subject to hydrolysis) is 1. The fourth-order valence-corrected chi connectivity index (χ4v) is 6.97. The molecule has 1 atom stereocenters. The van der Waals surface area contributed by atoms with Gasteiger partial charge in [-0.05, 0) is 69.9 Å². The SMILES string of the molecule is CC(C)(C)OC(=O)NC[C@@H]1CCCN(c2c(NC(=O)c3csc(-c4ccnnc4)n3)ccc(Oc3ccccc3)c2S(C)(=O)=O)C1. The molecular formula is C32H36N6O6S2. The van der Waals surface area contributed by atoms with Gasteiger partial charge in [0.25, 0.3) is 5.91 Å². The molecule has 0 bridgehead atoms. The molecule has 3 heterocycles. The Morgan fingerprint density at radius 1 is 1.09 bits per heavy atom. The molecule has 0 unspecified atom stereocenters. The molecule has 0 spiro atoms. The summed E-state index contributed by atoms with van der Waals surface area (Å²) in [6, 6.07) is 13.8. The number of carbonyl (C=O) groups is 2. The predicted octanol–water partition coefficient (Wildman–Crippen LogP) is 5.79.